The van der Waals surface area contributed by atoms with E-state index < -0.39 is 6.03 Å². The van der Waals surface area contributed by atoms with Crippen LogP contribution in [0, 0.1) is 5.92 Å². The van der Waals surface area contributed by atoms with Crippen molar-refractivity contribution in [2.75, 3.05) is 42.8 Å². The zero-order chi connectivity index (χ0) is 23.7. The molecule has 2 amide bonds. The lowest BCUT2D eigenvalue weighted by atomic mass is 9.83. The van der Waals surface area contributed by atoms with Crippen LogP contribution < -0.4 is 30.6 Å². The second kappa shape index (κ2) is 9.05. The lowest BCUT2D eigenvalue weighted by molar-refractivity contribution is 0.262. The molecule has 10 heteroatoms. The molecular weight excluding hydrogens is 436 g/mol. The molecule has 3 aromatic rings. The highest BCUT2D eigenvalue weighted by Gasteiger charge is 2.35. The molecule has 1 aromatic carbocycles. The van der Waals surface area contributed by atoms with Crippen molar-refractivity contribution < 1.29 is 14.3 Å². The zero-order valence-corrected chi connectivity index (χ0v) is 19.0. The molecule has 2 aliphatic rings. The monoisotopic (exact) mass is 462 g/mol. The standard InChI is InChI=1S/C24H26N6O4/c1-33-18-9-17(10-19(11-18)34-2)27-24(32)28-20-4-5-21-16-8-15(13-30(21)22(20)31)12-29(14-16)23-25-6-3-7-26-23/h3-7,9-11,15-16H,8,12-14H2,1-2H3,(H2,27,28,32)/t15-,16-/m1/s1. The van der Waals surface area contributed by atoms with Crippen LogP contribution in [0.2, 0.25) is 0 Å². The highest BCUT2D eigenvalue weighted by molar-refractivity contribution is 5.99. The minimum atomic E-state index is -0.517. The molecule has 0 spiro atoms. The molecule has 0 saturated carbocycles. The third-order valence-electron chi connectivity index (χ3n) is 6.30. The molecule has 0 radical (unpaired) electrons. The Hall–Kier alpha value is -4.08. The van der Waals surface area contributed by atoms with Crippen molar-refractivity contribution in [1.29, 1.82) is 0 Å². The molecule has 0 unspecified atom stereocenters. The summed E-state index contributed by atoms with van der Waals surface area (Å²) in [5, 5.41) is 5.42. The largest absolute Gasteiger partial charge is 0.497 e. The Bertz CT molecular complexity index is 1240. The number of nitrogens with zero attached hydrogens (tertiary/aromatic N) is 4. The topological polar surface area (TPSA) is 111 Å². The van der Waals surface area contributed by atoms with Gasteiger partial charge in [-0.3, -0.25) is 4.79 Å². The summed E-state index contributed by atoms with van der Waals surface area (Å²) in [6.45, 7) is 2.14. The fourth-order valence-corrected chi connectivity index (χ4v) is 4.82. The van der Waals surface area contributed by atoms with Gasteiger partial charge in [-0.15, -0.1) is 0 Å². The number of methoxy groups -OCH3 is 2. The van der Waals surface area contributed by atoms with E-state index in [1.807, 2.05) is 6.07 Å². The lowest BCUT2D eigenvalue weighted by Crippen LogP contribution is -2.48. The molecule has 1 saturated heterocycles. The molecule has 0 aliphatic carbocycles. The Morgan fingerprint density at radius 1 is 1.00 bits per heavy atom. The number of urea groups is 1. The minimum Gasteiger partial charge on any atom is -0.497 e. The Morgan fingerprint density at radius 2 is 1.74 bits per heavy atom. The number of aromatic nitrogens is 3. The summed E-state index contributed by atoms with van der Waals surface area (Å²) < 4.78 is 12.3. The van der Waals surface area contributed by atoms with E-state index >= 15 is 0 Å². The van der Waals surface area contributed by atoms with Gasteiger partial charge in [0.25, 0.3) is 5.56 Å². The van der Waals surface area contributed by atoms with Crippen molar-refractivity contribution in [3.8, 4) is 11.5 Å². The number of hydrogen-bond donors (Lipinski definition) is 2. The van der Waals surface area contributed by atoms with Gasteiger partial charge in [-0.25, -0.2) is 14.8 Å². The summed E-state index contributed by atoms with van der Waals surface area (Å²) in [4.78, 5) is 36.8. The number of carbonyl (C=O) groups is 1. The van der Waals surface area contributed by atoms with Crippen LogP contribution in [0.1, 0.15) is 18.0 Å². The van der Waals surface area contributed by atoms with Gasteiger partial charge >= 0.3 is 6.03 Å². The van der Waals surface area contributed by atoms with Gasteiger partial charge < -0.3 is 29.6 Å². The van der Waals surface area contributed by atoms with Gasteiger partial charge in [0, 0.05) is 67.5 Å². The van der Waals surface area contributed by atoms with Crippen molar-refractivity contribution in [1.82, 2.24) is 14.5 Å². The van der Waals surface area contributed by atoms with E-state index in [2.05, 4.69) is 25.5 Å². The Morgan fingerprint density at radius 3 is 2.44 bits per heavy atom. The van der Waals surface area contributed by atoms with Gasteiger partial charge in [-0.05, 0) is 30.5 Å². The molecule has 10 nitrogen and oxygen atoms in total. The van der Waals surface area contributed by atoms with Gasteiger partial charge in [0.15, 0.2) is 0 Å². The first-order chi connectivity index (χ1) is 16.5. The van der Waals surface area contributed by atoms with Crippen molar-refractivity contribution in [3.63, 3.8) is 0 Å². The van der Waals surface area contributed by atoms with E-state index in [0.29, 0.717) is 29.6 Å². The van der Waals surface area contributed by atoms with Gasteiger partial charge in [0.05, 0.1) is 14.2 Å². The van der Waals surface area contributed by atoms with Gasteiger partial charge in [0.1, 0.15) is 17.2 Å². The van der Waals surface area contributed by atoms with Crippen molar-refractivity contribution >= 4 is 23.4 Å². The van der Waals surface area contributed by atoms with Gasteiger partial charge in [0.2, 0.25) is 5.95 Å². The van der Waals surface area contributed by atoms with Crippen molar-refractivity contribution in [3.05, 3.63) is 64.8 Å². The number of carbonyl (C=O) groups excluding carboxylic acids is 1. The second-order valence-corrected chi connectivity index (χ2v) is 8.52. The Balaban J connectivity index is 1.33. The van der Waals surface area contributed by atoms with Crippen molar-refractivity contribution in [2.24, 2.45) is 5.92 Å². The molecule has 4 heterocycles. The molecule has 176 valence electrons. The zero-order valence-electron chi connectivity index (χ0n) is 19.0. The molecular formula is C24H26N6O4. The number of pyridine rings is 1. The Kier molecular flexibility index (Phi) is 5.79. The fraction of sp³-hybridized carbons (Fsp3) is 0.333. The van der Waals surface area contributed by atoms with Crippen LogP contribution >= 0.6 is 0 Å². The first-order valence-corrected chi connectivity index (χ1v) is 11.1. The highest BCUT2D eigenvalue weighted by atomic mass is 16.5. The Labute approximate surface area is 196 Å². The van der Waals surface area contributed by atoms with E-state index in [0.717, 1.165) is 31.2 Å². The summed E-state index contributed by atoms with van der Waals surface area (Å²) >= 11 is 0. The third kappa shape index (κ3) is 4.26. The lowest BCUT2D eigenvalue weighted by Gasteiger charge is -2.42. The van der Waals surface area contributed by atoms with Crippen LogP contribution in [0.5, 0.6) is 11.5 Å². The number of fused-ring (bicyclic) bond motifs is 4. The quantitative estimate of drug-likeness (QED) is 0.600. The SMILES string of the molecule is COc1cc(NC(=O)Nc2ccc3n(c2=O)C[C@@H]2C[C@@H]3CN(c3ncccn3)C2)cc(OC)c1. The van der Waals surface area contributed by atoms with E-state index in [4.69, 9.17) is 9.47 Å². The molecule has 2 aromatic heterocycles. The van der Waals surface area contributed by atoms with Crippen LogP contribution in [0.25, 0.3) is 0 Å². The second-order valence-electron chi connectivity index (χ2n) is 8.52. The average molecular weight is 463 g/mol. The summed E-state index contributed by atoms with van der Waals surface area (Å²) in [6.07, 6.45) is 4.51. The fourth-order valence-electron chi connectivity index (χ4n) is 4.82. The maximum absolute atomic E-state index is 13.2. The number of ether oxygens (including phenoxy) is 2. The number of amides is 2. The average Bonchev–Trinajstić information content (AvgIpc) is 2.86. The number of benzene rings is 1. The maximum Gasteiger partial charge on any atom is 0.323 e. The first kappa shape index (κ1) is 21.7. The normalized spacial score (nSPS) is 18.6. The van der Waals surface area contributed by atoms with Gasteiger partial charge in [-0.1, -0.05) is 0 Å². The van der Waals surface area contributed by atoms with Crippen LogP contribution in [-0.4, -0.2) is 47.9 Å². The maximum atomic E-state index is 13.2. The van der Waals surface area contributed by atoms with Crippen LogP contribution in [0.15, 0.2) is 53.6 Å². The molecule has 34 heavy (non-hydrogen) atoms. The molecule has 2 atom stereocenters. The summed E-state index contributed by atoms with van der Waals surface area (Å²) in [5.74, 6) is 2.32. The van der Waals surface area contributed by atoms with Crippen LogP contribution in [0.3, 0.4) is 0 Å². The number of rotatable bonds is 5. The predicted octanol–water partition coefficient (Wildman–Crippen LogP) is 2.92. The molecule has 5 rings (SSSR count). The number of hydrogen-bond acceptors (Lipinski definition) is 7. The van der Waals surface area contributed by atoms with E-state index in [9.17, 15) is 9.59 Å². The third-order valence-corrected chi connectivity index (χ3v) is 6.30. The summed E-state index contributed by atoms with van der Waals surface area (Å²) in [6, 6.07) is 9.95. The first-order valence-electron chi connectivity index (χ1n) is 11.1. The smallest absolute Gasteiger partial charge is 0.323 e. The van der Waals surface area contributed by atoms with E-state index in [-0.39, 0.29) is 17.2 Å². The molecule has 2 aliphatic heterocycles. The number of nitrogens with one attached hydrogen (secondary N) is 2. The van der Waals surface area contributed by atoms with E-state index in [1.54, 1.807) is 47.3 Å². The summed E-state index contributed by atoms with van der Waals surface area (Å²) in [5.41, 5.74) is 1.50. The van der Waals surface area contributed by atoms with Gasteiger partial charge in [-0.2, -0.15) is 0 Å². The predicted molar refractivity (Wildman–Crippen MR) is 128 cm³/mol. The molecule has 2 bridgehead atoms. The molecule has 2 N–H and O–H groups in total. The summed E-state index contributed by atoms with van der Waals surface area (Å²) in [7, 11) is 3.07. The van der Waals surface area contributed by atoms with E-state index in [1.165, 1.54) is 14.2 Å². The molecule has 1 fully saturated rings. The van der Waals surface area contributed by atoms with Crippen molar-refractivity contribution in [2.45, 2.75) is 18.9 Å². The number of piperidine rings is 1. The highest BCUT2D eigenvalue weighted by Crippen LogP contribution is 2.36. The number of anilines is 3. The minimum absolute atomic E-state index is 0.199. The van der Waals surface area contributed by atoms with Crippen LogP contribution in [-0.2, 0) is 6.54 Å². The van der Waals surface area contributed by atoms with Crippen LogP contribution in [0.4, 0.5) is 22.1 Å².